The van der Waals surface area contributed by atoms with E-state index < -0.39 is 11.8 Å². The van der Waals surface area contributed by atoms with Gasteiger partial charge in [0.1, 0.15) is 23.9 Å². The standard InChI is InChI=1S/C23H18ClFN2O3.Na/c24-15-9-8-14(19(25)10-15)13-30-22-7-2-1-4-18(22)16-5-3-6-17(16)20-11-26-12-21(27-20)23(28)29;/h1-2,4,7-12H,3,5-6,13H2,(H,28,29);/q;+1/p-1. The molecule has 0 radical (unpaired) electrons. The van der Waals surface area contributed by atoms with Crippen LogP contribution >= 0.6 is 11.6 Å². The van der Waals surface area contributed by atoms with Crippen LogP contribution in [0.15, 0.2) is 54.9 Å². The predicted molar refractivity (Wildman–Crippen MR) is 109 cm³/mol. The van der Waals surface area contributed by atoms with Crippen molar-refractivity contribution in [2.75, 3.05) is 0 Å². The van der Waals surface area contributed by atoms with Gasteiger partial charge < -0.3 is 14.6 Å². The Bertz CT molecular complexity index is 1150. The van der Waals surface area contributed by atoms with Crippen LogP contribution in [0, 0.1) is 5.82 Å². The summed E-state index contributed by atoms with van der Waals surface area (Å²) in [5, 5.41) is 11.5. The van der Waals surface area contributed by atoms with E-state index in [0.29, 0.717) is 22.0 Å². The average molecular weight is 447 g/mol. The molecule has 3 aromatic rings. The van der Waals surface area contributed by atoms with Gasteiger partial charge in [0, 0.05) is 16.1 Å². The Labute approximate surface area is 206 Å². The molecule has 0 bridgehead atoms. The van der Waals surface area contributed by atoms with Crippen molar-refractivity contribution in [3.8, 4) is 5.75 Å². The van der Waals surface area contributed by atoms with E-state index in [1.54, 1.807) is 18.3 Å². The molecule has 0 atom stereocenters. The van der Waals surface area contributed by atoms with Crippen LogP contribution in [0.2, 0.25) is 5.02 Å². The van der Waals surface area contributed by atoms with E-state index in [2.05, 4.69) is 9.97 Å². The fraction of sp³-hybridized carbons (Fsp3) is 0.174. The number of benzene rings is 2. The molecular formula is C23H17ClFN2NaO3. The third-order valence-electron chi connectivity index (χ3n) is 4.98. The molecule has 0 fully saturated rings. The van der Waals surface area contributed by atoms with E-state index in [4.69, 9.17) is 16.3 Å². The summed E-state index contributed by atoms with van der Waals surface area (Å²) in [4.78, 5) is 19.3. The molecule has 1 heterocycles. The molecule has 0 saturated carbocycles. The Morgan fingerprint density at radius 2 is 1.90 bits per heavy atom. The number of rotatable bonds is 6. The van der Waals surface area contributed by atoms with Gasteiger partial charge in [0.2, 0.25) is 0 Å². The molecule has 1 aliphatic carbocycles. The summed E-state index contributed by atoms with van der Waals surface area (Å²) in [6.07, 6.45) is 5.18. The fourth-order valence-corrected chi connectivity index (χ4v) is 3.73. The van der Waals surface area contributed by atoms with Crippen molar-refractivity contribution in [1.82, 2.24) is 9.97 Å². The van der Waals surface area contributed by atoms with Crippen molar-refractivity contribution in [2.45, 2.75) is 25.9 Å². The number of nitrogens with zero attached hydrogens (tertiary/aromatic N) is 2. The second kappa shape index (κ2) is 10.4. The van der Waals surface area contributed by atoms with E-state index in [1.807, 2.05) is 24.3 Å². The minimum absolute atomic E-state index is 0. The summed E-state index contributed by atoms with van der Waals surface area (Å²) in [5.74, 6) is -1.17. The molecule has 0 saturated heterocycles. The number of carbonyl (C=O) groups is 1. The second-order valence-corrected chi connectivity index (χ2v) is 7.34. The van der Waals surface area contributed by atoms with Gasteiger partial charge in [-0.15, -0.1) is 0 Å². The predicted octanol–water partition coefficient (Wildman–Crippen LogP) is 1.31. The molecule has 0 amide bonds. The topological polar surface area (TPSA) is 75.1 Å². The van der Waals surface area contributed by atoms with Gasteiger partial charge in [-0.05, 0) is 48.6 Å². The molecule has 0 spiro atoms. The number of aromatic carboxylic acids is 1. The zero-order valence-corrected chi connectivity index (χ0v) is 19.7. The summed E-state index contributed by atoms with van der Waals surface area (Å²) in [6.45, 7) is 0.0581. The number of aromatic nitrogens is 2. The van der Waals surface area contributed by atoms with Crippen LogP contribution in [0.25, 0.3) is 11.1 Å². The normalized spacial score (nSPS) is 13.1. The second-order valence-electron chi connectivity index (χ2n) is 6.91. The van der Waals surface area contributed by atoms with E-state index in [0.717, 1.165) is 36.0 Å². The van der Waals surface area contributed by atoms with Gasteiger partial charge in [-0.1, -0.05) is 35.9 Å². The average Bonchev–Trinajstić information content (AvgIpc) is 3.23. The summed E-state index contributed by atoms with van der Waals surface area (Å²) in [5.41, 5.74) is 3.55. The number of carboxylic acid groups (broad SMARTS) is 1. The Morgan fingerprint density at radius 1 is 1.13 bits per heavy atom. The molecule has 1 aliphatic rings. The van der Waals surface area contributed by atoms with E-state index in [1.165, 1.54) is 12.3 Å². The molecule has 0 N–H and O–H groups in total. The van der Waals surface area contributed by atoms with Gasteiger partial charge in [-0.2, -0.15) is 0 Å². The van der Waals surface area contributed by atoms with Gasteiger partial charge in [0.25, 0.3) is 0 Å². The smallest absolute Gasteiger partial charge is 0.543 e. The van der Waals surface area contributed by atoms with E-state index in [-0.39, 0.29) is 41.9 Å². The molecule has 0 aliphatic heterocycles. The van der Waals surface area contributed by atoms with Crippen LogP contribution in [-0.4, -0.2) is 15.9 Å². The van der Waals surface area contributed by atoms with Crippen LogP contribution in [0.3, 0.4) is 0 Å². The third kappa shape index (κ3) is 5.33. The minimum Gasteiger partial charge on any atom is -0.543 e. The summed E-state index contributed by atoms with van der Waals surface area (Å²) >= 11 is 5.81. The van der Waals surface area contributed by atoms with Gasteiger partial charge in [-0.3, -0.25) is 4.98 Å². The van der Waals surface area contributed by atoms with Gasteiger partial charge in [-0.25, -0.2) is 9.37 Å². The van der Waals surface area contributed by atoms with Crippen molar-refractivity contribution in [3.63, 3.8) is 0 Å². The molecule has 152 valence electrons. The van der Waals surface area contributed by atoms with Crippen molar-refractivity contribution in [3.05, 3.63) is 88.2 Å². The van der Waals surface area contributed by atoms with Crippen molar-refractivity contribution < 1.29 is 48.6 Å². The molecule has 2 aromatic carbocycles. The van der Waals surface area contributed by atoms with Gasteiger partial charge >= 0.3 is 29.6 Å². The van der Waals surface area contributed by atoms with E-state index in [9.17, 15) is 14.3 Å². The number of hydrogen-bond donors (Lipinski definition) is 0. The molecule has 31 heavy (non-hydrogen) atoms. The zero-order valence-electron chi connectivity index (χ0n) is 16.9. The Hall–Kier alpha value is -2.25. The summed E-state index contributed by atoms with van der Waals surface area (Å²) < 4.78 is 20.0. The quantitative estimate of drug-likeness (QED) is 0.534. The van der Waals surface area contributed by atoms with Gasteiger partial charge in [0.15, 0.2) is 0 Å². The molecule has 0 unspecified atom stereocenters. The SMILES string of the molecule is O=C([O-])c1cncc(C2=C(c3ccccc3OCc3ccc(Cl)cc3F)CCC2)n1.[Na+]. The molecule has 5 nitrogen and oxygen atoms in total. The maximum atomic E-state index is 14.1. The van der Waals surface area contributed by atoms with Gasteiger partial charge in [0.05, 0.1) is 24.1 Å². The van der Waals surface area contributed by atoms with Crippen LogP contribution in [0.5, 0.6) is 5.75 Å². The monoisotopic (exact) mass is 446 g/mol. The molecule has 1 aromatic heterocycles. The third-order valence-corrected chi connectivity index (χ3v) is 5.22. The first-order valence-corrected chi connectivity index (χ1v) is 9.82. The number of carboxylic acids is 1. The number of carbonyl (C=O) groups excluding carboxylic acids is 1. The Balaban J connectivity index is 0.00000272. The number of para-hydroxylation sites is 1. The first-order valence-electron chi connectivity index (χ1n) is 9.45. The van der Waals surface area contributed by atoms with Crippen molar-refractivity contribution in [1.29, 1.82) is 0 Å². The zero-order chi connectivity index (χ0) is 21.1. The number of ether oxygens (including phenoxy) is 1. The van der Waals surface area contributed by atoms with Crippen LogP contribution < -0.4 is 39.4 Å². The Morgan fingerprint density at radius 3 is 2.68 bits per heavy atom. The number of halogens is 2. The summed E-state index contributed by atoms with van der Waals surface area (Å²) in [6, 6.07) is 12.0. The molecular weight excluding hydrogens is 430 g/mol. The van der Waals surface area contributed by atoms with Crippen molar-refractivity contribution in [2.24, 2.45) is 0 Å². The fourth-order valence-electron chi connectivity index (χ4n) is 3.57. The Kier molecular flexibility index (Phi) is 7.84. The number of allylic oxidation sites excluding steroid dienone is 2. The van der Waals surface area contributed by atoms with Crippen LogP contribution in [-0.2, 0) is 6.61 Å². The first kappa shape index (κ1) is 23.4. The van der Waals surface area contributed by atoms with Crippen LogP contribution in [0.1, 0.15) is 46.6 Å². The maximum Gasteiger partial charge on any atom is 1.00 e. The first-order chi connectivity index (χ1) is 14.5. The van der Waals surface area contributed by atoms with Crippen molar-refractivity contribution >= 4 is 28.7 Å². The molecule has 4 rings (SSSR count). The van der Waals surface area contributed by atoms with E-state index >= 15 is 0 Å². The number of hydrogen-bond acceptors (Lipinski definition) is 5. The molecule has 8 heteroatoms. The van der Waals surface area contributed by atoms with Crippen LogP contribution in [0.4, 0.5) is 4.39 Å². The minimum atomic E-state index is -1.36. The summed E-state index contributed by atoms with van der Waals surface area (Å²) in [7, 11) is 0. The maximum absolute atomic E-state index is 14.1. The largest absolute Gasteiger partial charge is 1.00 e.